The molecule has 10 heteroatoms. The topological polar surface area (TPSA) is 74.8 Å². The van der Waals surface area contributed by atoms with Crippen LogP contribution in [0.3, 0.4) is 0 Å². The predicted octanol–water partition coefficient (Wildman–Crippen LogP) is 3.90. The van der Waals surface area contributed by atoms with Crippen molar-refractivity contribution < 1.29 is 22.7 Å². The average Bonchev–Trinajstić information content (AvgIpc) is 2.54. The van der Waals surface area contributed by atoms with Crippen LogP contribution in [0.15, 0.2) is 29.3 Å². The van der Waals surface area contributed by atoms with Gasteiger partial charge in [-0.05, 0) is 45.4 Å². The SMILES string of the molecule is CCNC(=NCc1ccc(C(F)(F)F)cc1)NCCNC(=O)OC(C)(C)C.I. The highest BCUT2D eigenvalue weighted by Crippen LogP contribution is 2.29. The number of aliphatic imine (C=N–C) groups is 1. The molecule has 0 aliphatic carbocycles. The van der Waals surface area contributed by atoms with Crippen molar-refractivity contribution in [1.82, 2.24) is 16.0 Å². The quantitative estimate of drug-likeness (QED) is 0.232. The van der Waals surface area contributed by atoms with Gasteiger partial charge in [-0.2, -0.15) is 13.2 Å². The number of hydrogen-bond acceptors (Lipinski definition) is 3. The molecule has 0 spiro atoms. The molecule has 6 nitrogen and oxygen atoms in total. The van der Waals surface area contributed by atoms with Crippen molar-refractivity contribution >= 4 is 36.0 Å². The number of alkyl halides is 3. The number of hydrogen-bond donors (Lipinski definition) is 3. The molecule has 0 saturated heterocycles. The summed E-state index contributed by atoms with van der Waals surface area (Å²) in [4.78, 5) is 15.9. The van der Waals surface area contributed by atoms with E-state index in [0.29, 0.717) is 31.2 Å². The second-order valence-corrected chi connectivity index (χ2v) is 6.75. The summed E-state index contributed by atoms with van der Waals surface area (Å²) in [5.74, 6) is 0.503. The molecule has 0 bridgehead atoms. The van der Waals surface area contributed by atoms with Crippen molar-refractivity contribution in [2.75, 3.05) is 19.6 Å². The minimum absolute atomic E-state index is 0. The summed E-state index contributed by atoms with van der Waals surface area (Å²) in [6.45, 7) is 8.84. The number of amides is 1. The molecule has 28 heavy (non-hydrogen) atoms. The van der Waals surface area contributed by atoms with Gasteiger partial charge in [-0.3, -0.25) is 0 Å². The van der Waals surface area contributed by atoms with Crippen LogP contribution in [0.2, 0.25) is 0 Å². The lowest BCUT2D eigenvalue weighted by Crippen LogP contribution is -2.42. The highest BCUT2D eigenvalue weighted by molar-refractivity contribution is 14.0. The van der Waals surface area contributed by atoms with Crippen molar-refractivity contribution in [1.29, 1.82) is 0 Å². The maximum absolute atomic E-state index is 12.6. The molecule has 1 aromatic rings. The zero-order valence-electron chi connectivity index (χ0n) is 16.4. The minimum atomic E-state index is -4.35. The van der Waals surface area contributed by atoms with E-state index in [1.807, 2.05) is 6.92 Å². The summed E-state index contributed by atoms with van der Waals surface area (Å²) in [5, 5.41) is 8.68. The molecule has 0 aromatic heterocycles. The third kappa shape index (κ3) is 11.2. The Hall–Kier alpha value is -1.72. The third-order valence-corrected chi connectivity index (χ3v) is 3.13. The molecule has 3 N–H and O–H groups in total. The van der Waals surface area contributed by atoms with Gasteiger partial charge < -0.3 is 20.7 Å². The predicted molar refractivity (Wildman–Crippen MR) is 114 cm³/mol. The maximum Gasteiger partial charge on any atom is 0.416 e. The zero-order valence-corrected chi connectivity index (χ0v) is 18.8. The van der Waals surface area contributed by atoms with E-state index >= 15 is 0 Å². The normalized spacial score (nSPS) is 12.0. The molecule has 0 unspecified atom stereocenters. The number of alkyl carbamates (subject to hydrolysis) is 1. The molecule has 0 aliphatic rings. The van der Waals surface area contributed by atoms with Crippen molar-refractivity contribution in [3.8, 4) is 0 Å². The van der Waals surface area contributed by atoms with Crippen molar-refractivity contribution in [3.63, 3.8) is 0 Å². The molecule has 0 atom stereocenters. The minimum Gasteiger partial charge on any atom is -0.444 e. The Morgan fingerprint density at radius 3 is 2.11 bits per heavy atom. The van der Waals surface area contributed by atoms with E-state index in [2.05, 4.69) is 20.9 Å². The van der Waals surface area contributed by atoms with Crippen LogP contribution in [-0.2, 0) is 17.5 Å². The number of benzene rings is 1. The fourth-order valence-corrected chi connectivity index (χ4v) is 1.97. The van der Waals surface area contributed by atoms with E-state index in [9.17, 15) is 18.0 Å². The van der Waals surface area contributed by atoms with Crippen LogP contribution < -0.4 is 16.0 Å². The lowest BCUT2D eigenvalue weighted by molar-refractivity contribution is -0.137. The molecule has 1 rings (SSSR count). The average molecular weight is 516 g/mol. The number of carbonyl (C=O) groups is 1. The third-order valence-electron chi connectivity index (χ3n) is 3.13. The van der Waals surface area contributed by atoms with E-state index in [0.717, 1.165) is 12.1 Å². The van der Waals surface area contributed by atoms with Crippen molar-refractivity contribution in [2.24, 2.45) is 4.99 Å². The first-order valence-electron chi connectivity index (χ1n) is 8.66. The first-order chi connectivity index (χ1) is 12.5. The Balaban J connectivity index is 0.00000729. The lowest BCUT2D eigenvalue weighted by Gasteiger charge is -2.19. The number of halogens is 4. The second kappa shape index (κ2) is 12.0. The summed E-state index contributed by atoms with van der Waals surface area (Å²) in [7, 11) is 0. The van der Waals surface area contributed by atoms with Gasteiger partial charge in [-0.1, -0.05) is 12.1 Å². The van der Waals surface area contributed by atoms with Crippen molar-refractivity contribution in [3.05, 3.63) is 35.4 Å². The van der Waals surface area contributed by atoms with Gasteiger partial charge in [0, 0.05) is 19.6 Å². The van der Waals surface area contributed by atoms with Gasteiger partial charge in [0.05, 0.1) is 12.1 Å². The number of carbonyl (C=O) groups excluding carboxylic acids is 1. The first kappa shape index (κ1) is 26.3. The fourth-order valence-electron chi connectivity index (χ4n) is 1.97. The summed E-state index contributed by atoms with van der Waals surface area (Å²) < 4.78 is 42.8. The first-order valence-corrected chi connectivity index (χ1v) is 8.66. The van der Waals surface area contributed by atoms with Crippen LogP contribution in [0, 0.1) is 0 Å². The van der Waals surface area contributed by atoms with Crippen LogP contribution >= 0.6 is 24.0 Å². The molecular formula is C18H28F3IN4O2. The summed E-state index contributed by atoms with van der Waals surface area (Å²) in [6, 6.07) is 4.88. The Labute approximate surface area is 180 Å². The van der Waals surface area contributed by atoms with Gasteiger partial charge in [0.2, 0.25) is 0 Å². The molecule has 0 fully saturated rings. The molecule has 0 heterocycles. The van der Waals surface area contributed by atoms with Gasteiger partial charge in [-0.15, -0.1) is 24.0 Å². The molecule has 160 valence electrons. The Kier molecular flexibility index (Phi) is 11.2. The van der Waals surface area contributed by atoms with Gasteiger partial charge in [0.15, 0.2) is 5.96 Å². The molecule has 0 radical (unpaired) electrons. The largest absolute Gasteiger partial charge is 0.444 e. The van der Waals surface area contributed by atoms with Gasteiger partial charge >= 0.3 is 12.3 Å². The number of rotatable bonds is 6. The Bertz CT molecular complexity index is 629. The van der Waals surface area contributed by atoms with E-state index in [4.69, 9.17) is 4.74 Å². The number of guanidine groups is 1. The number of ether oxygens (including phenoxy) is 1. The van der Waals surface area contributed by atoms with Gasteiger partial charge in [-0.25, -0.2) is 9.79 Å². The summed E-state index contributed by atoms with van der Waals surface area (Å²) in [6.07, 6.45) is -4.85. The van der Waals surface area contributed by atoms with E-state index in [1.165, 1.54) is 12.1 Å². The van der Waals surface area contributed by atoms with Crippen LogP contribution in [0.1, 0.15) is 38.8 Å². The number of nitrogens with one attached hydrogen (secondary N) is 3. The van der Waals surface area contributed by atoms with Crippen LogP contribution in [0.5, 0.6) is 0 Å². The van der Waals surface area contributed by atoms with Crippen LogP contribution in [0.25, 0.3) is 0 Å². The summed E-state index contributed by atoms with van der Waals surface area (Å²) in [5.41, 5.74) is -0.587. The highest BCUT2D eigenvalue weighted by Gasteiger charge is 2.29. The molecule has 1 amide bonds. The smallest absolute Gasteiger partial charge is 0.416 e. The molecule has 0 saturated carbocycles. The van der Waals surface area contributed by atoms with Crippen LogP contribution in [0.4, 0.5) is 18.0 Å². The van der Waals surface area contributed by atoms with E-state index in [1.54, 1.807) is 20.8 Å². The number of nitrogens with zero attached hydrogens (tertiary/aromatic N) is 1. The zero-order chi connectivity index (χ0) is 20.5. The van der Waals surface area contributed by atoms with E-state index < -0.39 is 23.4 Å². The second-order valence-electron chi connectivity index (χ2n) is 6.75. The molecule has 1 aromatic carbocycles. The van der Waals surface area contributed by atoms with E-state index in [-0.39, 0.29) is 30.5 Å². The van der Waals surface area contributed by atoms with Crippen LogP contribution in [-0.4, -0.2) is 37.3 Å². The monoisotopic (exact) mass is 516 g/mol. The highest BCUT2D eigenvalue weighted by atomic mass is 127. The van der Waals surface area contributed by atoms with Gasteiger partial charge in [0.25, 0.3) is 0 Å². The fraction of sp³-hybridized carbons (Fsp3) is 0.556. The maximum atomic E-state index is 12.6. The molecular weight excluding hydrogens is 488 g/mol. The summed E-state index contributed by atoms with van der Waals surface area (Å²) >= 11 is 0. The van der Waals surface area contributed by atoms with Crippen molar-refractivity contribution in [2.45, 2.75) is 46.0 Å². The Morgan fingerprint density at radius 2 is 1.61 bits per heavy atom. The standard InChI is InChI=1S/C18H27F3N4O2.HI/c1-5-22-15(23-10-11-24-16(26)27-17(2,3)4)25-12-13-6-8-14(9-7-13)18(19,20)21;/h6-9H,5,10-12H2,1-4H3,(H,24,26)(H2,22,23,25);1H. The lowest BCUT2D eigenvalue weighted by atomic mass is 10.1. The molecule has 0 aliphatic heterocycles. The van der Waals surface area contributed by atoms with Gasteiger partial charge in [0.1, 0.15) is 5.60 Å². The Morgan fingerprint density at radius 1 is 1.04 bits per heavy atom.